The van der Waals surface area contributed by atoms with Gasteiger partial charge in [0.15, 0.2) is 0 Å². The SMILES string of the molecule is CC1CC2CC(C)C3(c4ccccc4-c4cc(-c5cccc6oc7cc(B8OC(C)(C)C(C)(C)O8)ccc7c56)ccc43)C(C1)C2. The van der Waals surface area contributed by atoms with E-state index in [1.54, 1.807) is 11.1 Å². The highest BCUT2D eigenvalue weighted by Crippen LogP contribution is 2.64. The van der Waals surface area contributed by atoms with Crippen molar-refractivity contribution in [1.82, 2.24) is 0 Å². The Labute approximate surface area is 267 Å². The van der Waals surface area contributed by atoms with Crippen molar-refractivity contribution in [3.8, 4) is 22.3 Å². The average Bonchev–Trinajstić information content (AvgIpc) is 3.60. The lowest BCUT2D eigenvalue weighted by Crippen LogP contribution is -2.49. The normalized spacial score (nSPS) is 29.4. The monoisotopic (exact) mass is 594 g/mol. The summed E-state index contributed by atoms with van der Waals surface area (Å²) in [7, 11) is -0.416. The zero-order valence-corrected chi connectivity index (χ0v) is 27.4. The summed E-state index contributed by atoms with van der Waals surface area (Å²) in [4.78, 5) is 0. The van der Waals surface area contributed by atoms with Crippen LogP contribution in [0.3, 0.4) is 0 Å². The van der Waals surface area contributed by atoms with Crippen molar-refractivity contribution >= 4 is 34.5 Å². The largest absolute Gasteiger partial charge is 0.494 e. The van der Waals surface area contributed by atoms with Gasteiger partial charge in [-0.25, -0.2) is 0 Å². The molecule has 5 unspecified atom stereocenters. The highest BCUT2D eigenvalue weighted by molar-refractivity contribution is 6.62. The molecule has 5 atom stereocenters. The third-order valence-corrected chi connectivity index (χ3v) is 12.6. The Morgan fingerprint density at radius 3 is 2.24 bits per heavy atom. The molecule has 4 aromatic carbocycles. The predicted molar refractivity (Wildman–Crippen MR) is 185 cm³/mol. The number of hydrogen-bond donors (Lipinski definition) is 0. The van der Waals surface area contributed by atoms with Crippen molar-refractivity contribution in [2.45, 2.75) is 83.8 Å². The molecular formula is C41H43BO3. The minimum absolute atomic E-state index is 0.119. The smallest absolute Gasteiger partial charge is 0.456 e. The molecule has 3 fully saturated rings. The van der Waals surface area contributed by atoms with E-state index in [9.17, 15) is 0 Å². The van der Waals surface area contributed by atoms with Crippen LogP contribution in [-0.4, -0.2) is 18.3 Å². The quantitative estimate of drug-likeness (QED) is 0.191. The zero-order chi connectivity index (χ0) is 30.9. The number of furan rings is 1. The van der Waals surface area contributed by atoms with Gasteiger partial charge in [0.1, 0.15) is 11.2 Å². The average molecular weight is 595 g/mol. The highest BCUT2D eigenvalue weighted by Gasteiger charge is 2.56. The Morgan fingerprint density at radius 2 is 1.42 bits per heavy atom. The first kappa shape index (κ1) is 27.9. The first-order valence-corrected chi connectivity index (χ1v) is 17.1. The van der Waals surface area contributed by atoms with Gasteiger partial charge in [-0.3, -0.25) is 0 Å². The number of hydrogen-bond acceptors (Lipinski definition) is 3. The lowest BCUT2D eigenvalue weighted by atomic mass is 9.49. The van der Waals surface area contributed by atoms with Crippen LogP contribution >= 0.6 is 0 Å². The molecule has 1 saturated heterocycles. The predicted octanol–water partition coefficient (Wildman–Crippen LogP) is 9.91. The summed E-state index contributed by atoms with van der Waals surface area (Å²) in [6, 6.07) is 29.6. The first-order valence-electron chi connectivity index (χ1n) is 17.1. The van der Waals surface area contributed by atoms with E-state index in [-0.39, 0.29) is 16.6 Å². The Hall–Kier alpha value is -3.34. The van der Waals surface area contributed by atoms with E-state index in [0.717, 1.165) is 33.9 Å². The van der Waals surface area contributed by atoms with Crippen LogP contribution in [0.15, 0.2) is 83.3 Å². The molecule has 9 rings (SSSR count). The molecule has 2 bridgehead atoms. The number of fused-ring (bicyclic) bond motifs is 11. The lowest BCUT2D eigenvalue weighted by Gasteiger charge is -2.54. The van der Waals surface area contributed by atoms with Gasteiger partial charge < -0.3 is 13.7 Å². The molecule has 2 heterocycles. The summed E-state index contributed by atoms with van der Waals surface area (Å²) >= 11 is 0. The van der Waals surface area contributed by atoms with E-state index in [4.69, 9.17) is 13.7 Å². The van der Waals surface area contributed by atoms with Crippen LogP contribution in [-0.2, 0) is 14.7 Å². The van der Waals surface area contributed by atoms with Crippen LogP contribution in [0.1, 0.15) is 78.4 Å². The molecule has 228 valence electrons. The summed E-state index contributed by atoms with van der Waals surface area (Å²) in [5, 5.41) is 2.30. The van der Waals surface area contributed by atoms with Crippen molar-refractivity contribution in [2.24, 2.45) is 23.7 Å². The molecule has 0 N–H and O–H groups in total. The van der Waals surface area contributed by atoms with E-state index in [1.807, 2.05) is 0 Å². The summed E-state index contributed by atoms with van der Waals surface area (Å²) < 4.78 is 19.2. The molecule has 1 aromatic heterocycles. The maximum atomic E-state index is 6.52. The summed E-state index contributed by atoms with van der Waals surface area (Å²) in [5.74, 6) is 3.04. The van der Waals surface area contributed by atoms with Crippen LogP contribution in [0.25, 0.3) is 44.2 Å². The van der Waals surface area contributed by atoms with E-state index in [2.05, 4.69) is 120 Å². The van der Waals surface area contributed by atoms with Crippen LogP contribution < -0.4 is 5.46 Å². The molecule has 4 aliphatic rings. The van der Waals surface area contributed by atoms with Crippen LogP contribution in [0.4, 0.5) is 0 Å². The van der Waals surface area contributed by atoms with Gasteiger partial charge in [0, 0.05) is 16.2 Å². The molecule has 2 saturated carbocycles. The Kier molecular flexibility index (Phi) is 5.81. The second-order valence-electron chi connectivity index (χ2n) is 15.8. The van der Waals surface area contributed by atoms with Crippen molar-refractivity contribution in [3.63, 3.8) is 0 Å². The fourth-order valence-corrected chi connectivity index (χ4v) is 10.1. The van der Waals surface area contributed by atoms with E-state index < -0.39 is 7.12 Å². The summed E-state index contributed by atoms with van der Waals surface area (Å²) in [6.45, 7) is 13.4. The van der Waals surface area contributed by atoms with Gasteiger partial charge in [-0.15, -0.1) is 0 Å². The fraction of sp³-hybridized carbons (Fsp3) is 0.415. The Morgan fingerprint density at radius 1 is 0.667 bits per heavy atom. The first-order chi connectivity index (χ1) is 21.6. The number of benzene rings is 4. The molecule has 1 spiro atoms. The minimum atomic E-state index is -0.416. The maximum absolute atomic E-state index is 6.52. The van der Waals surface area contributed by atoms with Gasteiger partial charge in [-0.2, -0.15) is 0 Å². The number of rotatable bonds is 2. The molecule has 1 aliphatic heterocycles. The standard InChI is InChI=1S/C41H43BO3/c1-24-18-26-20-25(2)41(28(19-24)21-26)34-12-8-7-10-31(34)33-22-27(14-17-35(33)41)30-11-9-13-36-38(30)32-16-15-29(23-37(32)43-36)42-44-39(3,4)40(5,6)45-42/h7-17,22-26,28H,18-21H2,1-6H3. The molecule has 0 radical (unpaired) electrons. The van der Waals surface area contributed by atoms with E-state index in [0.29, 0.717) is 11.8 Å². The summed E-state index contributed by atoms with van der Waals surface area (Å²) in [6.07, 6.45) is 5.46. The lowest BCUT2D eigenvalue weighted by molar-refractivity contribution is 0.00578. The van der Waals surface area contributed by atoms with Gasteiger partial charge in [-0.05, 0) is 134 Å². The topological polar surface area (TPSA) is 31.6 Å². The van der Waals surface area contributed by atoms with Crippen molar-refractivity contribution in [1.29, 1.82) is 0 Å². The Balaban J connectivity index is 1.17. The molecular weight excluding hydrogens is 551 g/mol. The van der Waals surface area contributed by atoms with E-state index in [1.165, 1.54) is 53.3 Å². The third kappa shape index (κ3) is 3.79. The molecule has 45 heavy (non-hydrogen) atoms. The fourth-order valence-electron chi connectivity index (χ4n) is 10.1. The van der Waals surface area contributed by atoms with Crippen molar-refractivity contribution in [2.75, 3.05) is 0 Å². The molecule has 4 heteroatoms. The molecule has 3 nitrogen and oxygen atoms in total. The van der Waals surface area contributed by atoms with Gasteiger partial charge in [-0.1, -0.05) is 74.5 Å². The van der Waals surface area contributed by atoms with Crippen LogP contribution in [0.2, 0.25) is 0 Å². The van der Waals surface area contributed by atoms with Gasteiger partial charge in [0.05, 0.1) is 11.2 Å². The highest BCUT2D eigenvalue weighted by atomic mass is 16.7. The van der Waals surface area contributed by atoms with Gasteiger partial charge in [0.2, 0.25) is 0 Å². The van der Waals surface area contributed by atoms with Gasteiger partial charge >= 0.3 is 7.12 Å². The maximum Gasteiger partial charge on any atom is 0.494 e. The van der Waals surface area contributed by atoms with Crippen molar-refractivity contribution in [3.05, 3.63) is 90.0 Å². The van der Waals surface area contributed by atoms with E-state index >= 15 is 0 Å². The van der Waals surface area contributed by atoms with Gasteiger partial charge in [0.25, 0.3) is 0 Å². The second kappa shape index (κ2) is 9.36. The molecule has 3 aliphatic carbocycles. The third-order valence-electron chi connectivity index (χ3n) is 12.6. The van der Waals surface area contributed by atoms with Crippen LogP contribution in [0, 0.1) is 23.7 Å². The van der Waals surface area contributed by atoms with Crippen LogP contribution in [0.5, 0.6) is 0 Å². The summed E-state index contributed by atoms with van der Waals surface area (Å²) in [5.41, 5.74) is 10.6. The van der Waals surface area contributed by atoms with Crippen molar-refractivity contribution < 1.29 is 13.7 Å². The Bertz CT molecular complexity index is 1980. The molecule has 5 aromatic rings. The minimum Gasteiger partial charge on any atom is -0.456 e. The second-order valence-corrected chi connectivity index (χ2v) is 15.8. The zero-order valence-electron chi connectivity index (χ0n) is 27.4. The molecule has 0 amide bonds.